The second-order valence-corrected chi connectivity index (χ2v) is 11.3. The van der Waals surface area contributed by atoms with Crippen molar-refractivity contribution < 1.29 is 22.7 Å². The molecule has 0 heterocycles. The smallest absolute Gasteiger partial charge is 0.244 e. The lowest BCUT2D eigenvalue weighted by atomic mass is 10.1. The zero-order chi connectivity index (χ0) is 25.7. The van der Waals surface area contributed by atoms with E-state index in [0.29, 0.717) is 5.75 Å². The predicted molar refractivity (Wildman–Crippen MR) is 135 cm³/mol. The summed E-state index contributed by atoms with van der Waals surface area (Å²) in [5, 5.41) is 3.09. The molecular formula is C24H32ClN3O5S. The zero-order valence-corrected chi connectivity index (χ0v) is 21.9. The molecule has 1 unspecified atom stereocenters. The standard InChI is InChI=1S/C24H32ClN3O5S/c1-17(23(30)26-24(2,3)4)27(15-18-10-8-7-9-11-18)22(29)16-28(34(6,31)32)19-12-13-21(33-5)20(25)14-19/h7-14,17H,15-16H2,1-6H3,(H,26,30). The summed E-state index contributed by atoms with van der Waals surface area (Å²) in [5.74, 6) is -0.490. The van der Waals surface area contributed by atoms with E-state index in [4.69, 9.17) is 16.3 Å². The normalized spacial score (nSPS) is 12.6. The SMILES string of the molecule is COc1ccc(N(CC(=O)N(Cc2ccccc2)C(C)C(=O)NC(C)(C)C)S(C)(=O)=O)cc1Cl. The summed E-state index contributed by atoms with van der Waals surface area (Å²) in [7, 11) is -2.40. The van der Waals surface area contributed by atoms with Crippen molar-refractivity contribution in [3.8, 4) is 5.75 Å². The Balaban J connectivity index is 2.40. The highest BCUT2D eigenvalue weighted by molar-refractivity contribution is 7.92. The van der Waals surface area contributed by atoms with E-state index in [1.165, 1.54) is 30.2 Å². The summed E-state index contributed by atoms with van der Waals surface area (Å²) in [6.45, 7) is 6.80. The molecule has 0 radical (unpaired) electrons. The number of halogens is 1. The van der Waals surface area contributed by atoms with E-state index >= 15 is 0 Å². The van der Waals surface area contributed by atoms with Gasteiger partial charge >= 0.3 is 0 Å². The Morgan fingerprint density at radius 3 is 2.24 bits per heavy atom. The van der Waals surface area contributed by atoms with Gasteiger partial charge in [-0.05, 0) is 51.5 Å². The van der Waals surface area contributed by atoms with E-state index in [-0.39, 0.29) is 23.2 Å². The minimum absolute atomic E-state index is 0.138. The van der Waals surface area contributed by atoms with Crippen LogP contribution in [0.2, 0.25) is 5.02 Å². The third-order valence-corrected chi connectivity index (χ3v) is 6.40. The average molecular weight is 510 g/mol. The number of nitrogens with zero attached hydrogens (tertiary/aromatic N) is 2. The molecule has 0 aliphatic rings. The molecule has 0 saturated carbocycles. The van der Waals surface area contributed by atoms with Crippen LogP contribution < -0.4 is 14.4 Å². The van der Waals surface area contributed by atoms with Gasteiger partial charge in [0.1, 0.15) is 18.3 Å². The van der Waals surface area contributed by atoms with Gasteiger partial charge in [0.25, 0.3) is 0 Å². The summed E-state index contributed by atoms with van der Waals surface area (Å²) >= 11 is 6.19. The number of nitrogens with one attached hydrogen (secondary N) is 1. The monoisotopic (exact) mass is 509 g/mol. The molecule has 1 atom stereocenters. The molecule has 34 heavy (non-hydrogen) atoms. The molecule has 2 aromatic carbocycles. The van der Waals surface area contributed by atoms with Crippen LogP contribution in [0.5, 0.6) is 5.75 Å². The summed E-state index contributed by atoms with van der Waals surface area (Å²) in [6.07, 6.45) is 1.01. The molecule has 0 aliphatic heterocycles. The first kappa shape index (κ1) is 27.5. The van der Waals surface area contributed by atoms with Gasteiger partial charge in [0.2, 0.25) is 21.8 Å². The van der Waals surface area contributed by atoms with Crippen LogP contribution in [0.15, 0.2) is 48.5 Å². The molecular weight excluding hydrogens is 478 g/mol. The third kappa shape index (κ3) is 7.63. The van der Waals surface area contributed by atoms with Crippen LogP contribution >= 0.6 is 11.6 Å². The van der Waals surface area contributed by atoms with Crippen molar-refractivity contribution in [2.24, 2.45) is 0 Å². The number of carbonyl (C=O) groups is 2. The minimum Gasteiger partial charge on any atom is -0.495 e. The van der Waals surface area contributed by atoms with E-state index in [1.54, 1.807) is 6.92 Å². The maximum absolute atomic E-state index is 13.5. The number of ether oxygens (including phenoxy) is 1. The summed E-state index contributed by atoms with van der Waals surface area (Å²) in [5.41, 5.74) is 0.531. The lowest BCUT2D eigenvalue weighted by molar-refractivity contribution is -0.140. The fourth-order valence-electron chi connectivity index (χ4n) is 3.26. The van der Waals surface area contributed by atoms with Gasteiger partial charge in [0, 0.05) is 12.1 Å². The van der Waals surface area contributed by atoms with Crippen LogP contribution in [0.4, 0.5) is 5.69 Å². The summed E-state index contributed by atoms with van der Waals surface area (Å²) in [4.78, 5) is 27.7. The predicted octanol–water partition coefficient (Wildman–Crippen LogP) is 3.45. The van der Waals surface area contributed by atoms with E-state index in [9.17, 15) is 18.0 Å². The number of benzene rings is 2. The van der Waals surface area contributed by atoms with Crippen molar-refractivity contribution in [3.05, 3.63) is 59.1 Å². The molecule has 0 aliphatic carbocycles. The molecule has 0 spiro atoms. The molecule has 0 saturated heterocycles. The Morgan fingerprint density at radius 1 is 1.12 bits per heavy atom. The van der Waals surface area contributed by atoms with Crippen LogP contribution in [-0.4, -0.2) is 56.6 Å². The minimum atomic E-state index is -3.84. The van der Waals surface area contributed by atoms with Crippen LogP contribution in [0.1, 0.15) is 33.3 Å². The van der Waals surface area contributed by atoms with E-state index < -0.39 is 34.1 Å². The van der Waals surface area contributed by atoms with Crippen LogP contribution in [0.3, 0.4) is 0 Å². The number of hydrogen-bond acceptors (Lipinski definition) is 5. The van der Waals surface area contributed by atoms with Crippen molar-refractivity contribution in [3.63, 3.8) is 0 Å². The molecule has 8 nitrogen and oxygen atoms in total. The first-order valence-corrected chi connectivity index (χ1v) is 12.9. The van der Waals surface area contributed by atoms with Gasteiger partial charge in [-0.2, -0.15) is 0 Å². The van der Waals surface area contributed by atoms with Crippen molar-refractivity contribution in [1.29, 1.82) is 0 Å². The average Bonchev–Trinajstić information content (AvgIpc) is 2.73. The van der Waals surface area contributed by atoms with E-state index in [2.05, 4.69) is 5.32 Å². The van der Waals surface area contributed by atoms with Crippen LogP contribution in [0.25, 0.3) is 0 Å². The van der Waals surface area contributed by atoms with Gasteiger partial charge < -0.3 is 15.0 Å². The number of anilines is 1. The van der Waals surface area contributed by atoms with Crippen molar-refractivity contribution in [2.45, 2.75) is 45.8 Å². The molecule has 0 aromatic heterocycles. The first-order valence-electron chi connectivity index (χ1n) is 10.7. The molecule has 186 valence electrons. The van der Waals surface area contributed by atoms with Crippen molar-refractivity contribution in [2.75, 3.05) is 24.2 Å². The number of rotatable bonds is 9. The van der Waals surface area contributed by atoms with Gasteiger partial charge in [-0.3, -0.25) is 13.9 Å². The van der Waals surface area contributed by atoms with E-state index in [1.807, 2.05) is 51.1 Å². The highest BCUT2D eigenvalue weighted by Crippen LogP contribution is 2.30. The molecule has 0 fully saturated rings. The Hall–Kier alpha value is -2.78. The molecule has 10 heteroatoms. The van der Waals surface area contributed by atoms with Crippen LogP contribution in [0, 0.1) is 0 Å². The largest absolute Gasteiger partial charge is 0.495 e. The molecule has 2 amide bonds. The zero-order valence-electron chi connectivity index (χ0n) is 20.3. The Kier molecular flexibility index (Phi) is 8.96. The van der Waals surface area contributed by atoms with Crippen molar-refractivity contribution >= 4 is 39.1 Å². The second kappa shape index (κ2) is 11.1. The van der Waals surface area contributed by atoms with Gasteiger partial charge in [-0.15, -0.1) is 0 Å². The van der Waals surface area contributed by atoms with Gasteiger partial charge in [0.15, 0.2) is 0 Å². The van der Waals surface area contributed by atoms with Gasteiger partial charge in [0.05, 0.1) is 24.1 Å². The lowest BCUT2D eigenvalue weighted by Crippen LogP contribution is -2.54. The highest BCUT2D eigenvalue weighted by atomic mass is 35.5. The molecule has 0 bridgehead atoms. The fraction of sp³-hybridized carbons (Fsp3) is 0.417. The maximum Gasteiger partial charge on any atom is 0.244 e. The van der Waals surface area contributed by atoms with Gasteiger partial charge in [-0.25, -0.2) is 8.42 Å². The Labute approximate surface area is 206 Å². The second-order valence-electron chi connectivity index (χ2n) is 9.01. The number of amides is 2. The summed E-state index contributed by atoms with van der Waals surface area (Å²) in [6, 6.07) is 12.8. The number of sulfonamides is 1. The quantitative estimate of drug-likeness (QED) is 0.558. The fourth-order valence-corrected chi connectivity index (χ4v) is 4.35. The Bertz CT molecular complexity index is 1120. The Morgan fingerprint density at radius 2 is 1.74 bits per heavy atom. The number of carbonyl (C=O) groups excluding carboxylic acids is 2. The topological polar surface area (TPSA) is 96.0 Å². The third-order valence-electron chi connectivity index (χ3n) is 4.96. The van der Waals surface area contributed by atoms with Crippen molar-refractivity contribution in [1.82, 2.24) is 10.2 Å². The molecule has 2 aromatic rings. The first-order chi connectivity index (χ1) is 15.7. The molecule has 1 N–H and O–H groups in total. The summed E-state index contributed by atoms with van der Waals surface area (Å²) < 4.78 is 31.3. The van der Waals surface area contributed by atoms with Crippen LogP contribution in [-0.2, 0) is 26.2 Å². The van der Waals surface area contributed by atoms with E-state index in [0.717, 1.165) is 16.1 Å². The molecule has 2 rings (SSSR count). The van der Waals surface area contributed by atoms with Gasteiger partial charge in [-0.1, -0.05) is 41.9 Å². The maximum atomic E-state index is 13.5. The number of methoxy groups -OCH3 is 1. The number of hydrogen-bond donors (Lipinski definition) is 1. The lowest BCUT2D eigenvalue weighted by Gasteiger charge is -2.33. The highest BCUT2D eigenvalue weighted by Gasteiger charge is 2.31.